The van der Waals surface area contributed by atoms with Gasteiger partial charge in [0, 0.05) is 44.3 Å². The molecule has 9 heteroatoms. The minimum Gasteiger partial charge on any atom is -0.334 e. The summed E-state index contributed by atoms with van der Waals surface area (Å²) in [7, 11) is 0. The monoisotopic (exact) mass is 384 g/mol. The number of rotatable bonds is 5. The zero-order valence-electron chi connectivity index (χ0n) is 14.9. The summed E-state index contributed by atoms with van der Waals surface area (Å²) in [5, 5.41) is 5.64. The lowest BCUT2D eigenvalue weighted by Gasteiger charge is -2.34. The number of hydrogen-bond acceptors (Lipinski definition) is 3. The molecule has 3 rings (SSSR count). The molecule has 0 spiro atoms. The Hall–Kier alpha value is -2.29. The van der Waals surface area contributed by atoms with Crippen molar-refractivity contribution in [2.75, 3.05) is 38.0 Å². The molecule has 3 amide bonds. The van der Waals surface area contributed by atoms with Crippen LogP contribution in [0.3, 0.4) is 0 Å². The Labute approximate surface area is 155 Å². The van der Waals surface area contributed by atoms with Crippen LogP contribution in [0.15, 0.2) is 24.3 Å². The minimum atomic E-state index is -4.22. The van der Waals surface area contributed by atoms with E-state index < -0.39 is 12.7 Å². The Balaban J connectivity index is 1.43. The molecule has 1 aromatic carbocycles. The number of carbonyl (C=O) groups excluding carboxylic acids is 2. The first kappa shape index (κ1) is 19.5. The largest absolute Gasteiger partial charge is 0.401 e. The molecule has 1 aliphatic heterocycles. The first-order valence-electron chi connectivity index (χ1n) is 9.02. The van der Waals surface area contributed by atoms with Gasteiger partial charge in [0.2, 0.25) is 5.91 Å². The molecule has 1 heterocycles. The fourth-order valence-electron chi connectivity index (χ4n) is 3.00. The van der Waals surface area contributed by atoms with Gasteiger partial charge in [-0.05, 0) is 30.5 Å². The summed E-state index contributed by atoms with van der Waals surface area (Å²) in [6.07, 6.45) is -2.36. The summed E-state index contributed by atoms with van der Waals surface area (Å²) in [5.74, 6) is 0.136. The van der Waals surface area contributed by atoms with E-state index in [1.807, 2.05) is 12.1 Å². The Morgan fingerprint density at radius 1 is 1.11 bits per heavy atom. The number of nitrogens with one attached hydrogen (secondary N) is 2. The lowest BCUT2D eigenvalue weighted by molar-refractivity contribution is -0.148. The number of anilines is 1. The first-order chi connectivity index (χ1) is 12.8. The third-order valence-electron chi connectivity index (χ3n) is 4.65. The zero-order chi connectivity index (χ0) is 19.4. The number of piperazine rings is 1. The van der Waals surface area contributed by atoms with Crippen LogP contribution in [0.4, 0.5) is 23.7 Å². The Bertz CT molecular complexity index is 683. The van der Waals surface area contributed by atoms with Crippen LogP contribution in [-0.2, 0) is 11.3 Å². The van der Waals surface area contributed by atoms with Crippen molar-refractivity contribution in [3.8, 4) is 0 Å². The van der Waals surface area contributed by atoms with Gasteiger partial charge in [0.1, 0.15) is 0 Å². The van der Waals surface area contributed by atoms with E-state index in [9.17, 15) is 22.8 Å². The molecule has 1 aromatic rings. The highest BCUT2D eigenvalue weighted by atomic mass is 19.4. The molecule has 6 nitrogen and oxygen atoms in total. The normalized spacial score (nSPS) is 18.3. The van der Waals surface area contributed by atoms with Crippen molar-refractivity contribution in [3.05, 3.63) is 29.8 Å². The summed E-state index contributed by atoms with van der Waals surface area (Å²) in [6.45, 7) is 0.278. The molecule has 2 fully saturated rings. The van der Waals surface area contributed by atoms with Crippen molar-refractivity contribution in [1.82, 2.24) is 15.1 Å². The Morgan fingerprint density at radius 3 is 2.44 bits per heavy atom. The lowest BCUT2D eigenvalue weighted by atomic mass is 10.2. The van der Waals surface area contributed by atoms with Crippen LogP contribution in [0.5, 0.6) is 0 Å². The van der Waals surface area contributed by atoms with Gasteiger partial charge in [-0.25, -0.2) is 4.79 Å². The standard InChI is InChI=1S/C18H23F3N4O2/c19-18(20,21)12-24-6-8-25(9-7-24)17(27)22-11-13-2-1-3-15(10-13)23-16(26)14-4-5-14/h1-3,10,14H,4-9,11-12H2,(H,22,27)(H,23,26). The zero-order valence-corrected chi connectivity index (χ0v) is 14.9. The van der Waals surface area contributed by atoms with Crippen LogP contribution in [0.25, 0.3) is 0 Å². The highest BCUT2D eigenvalue weighted by Crippen LogP contribution is 2.30. The van der Waals surface area contributed by atoms with Gasteiger partial charge >= 0.3 is 12.2 Å². The van der Waals surface area contributed by atoms with Crippen molar-refractivity contribution in [2.24, 2.45) is 5.92 Å². The fraction of sp³-hybridized carbons (Fsp3) is 0.556. The third-order valence-corrected chi connectivity index (χ3v) is 4.65. The van der Waals surface area contributed by atoms with Crippen LogP contribution in [0.1, 0.15) is 18.4 Å². The Kier molecular flexibility index (Phi) is 5.88. The van der Waals surface area contributed by atoms with Crippen LogP contribution < -0.4 is 10.6 Å². The van der Waals surface area contributed by atoms with Gasteiger partial charge in [-0.15, -0.1) is 0 Å². The molecular weight excluding hydrogens is 361 g/mol. The van der Waals surface area contributed by atoms with E-state index in [1.54, 1.807) is 12.1 Å². The van der Waals surface area contributed by atoms with E-state index in [1.165, 1.54) is 9.80 Å². The Morgan fingerprint density at radius 2 is 1.81 bits per heavy atom. The molecule has 148 valence electrons. The maximum absolute atomic E-state index is 12.4. The van der Waals surface area contributed by atoms with Crippen molar-refractivity contribution in [3.63, 3.8) is 0 Å². The summed E-state index contributed by atoms with van der Waals surface area (Å²) in [4.78, 5) is 26.9. The van der Waals surface area contributed by atoms with Crippen LogP contribution in [-0.4, -0.2) is 60.6 Å². The average Bonchev–Trinajstić information content (AvgIpc) is 3.44. The second-order valence-corrected chi connectivity index (χ2v) is 7.00. The van der Waals surface area contributed by atoms with Gasteiger partial charge < -0.3 is 15.5 Å². The molecular formula is C18H23F3N4O2. The quantitative estimate of drug-likeness (QED) is 0.820. The summed E-state index contributed by atoms with van der Waals surface area (Å²) in [6, 6.07) is 6.95. The van der Waals surface area contributed by atoms with E-state index >= 15 is 0 Å². The maximum atomic E-state index is 12.4. The number of urea groups is 1. The van der Waals surface area contributed by atoms with E-state index in [-0.39, 0.29) is 50.6 Å². The van der Waals surface area contributed by atoms with Gasteiger partial charge in [0.25, 0.3) is 0 Å². The van der Waals surface area contributed by atoms with Crippen LogP contribution >= 0.6 is 0 Å². The number of benzene rings is 1. The molecule has 1 saturated heterocycles. The average molecular weight is 384 g/mol. The highest BCUT2D eigenvalue weighted by molar-refractivity contribution is 5.94. The van der Waals surface area contributed by atoms with Gasteiger partial charge in [-0.3, -0.25) is 9.69 Å². The van der Waals surface area contributed by atoms with Crippen molar-refractivity contribution in [2.45, 2.75) is 25.6 Å². The number of carbonyl (C=O) groups is 2. The predicted octanol–water partition coefficient (Wildman–Crippen LogP) is 2.42. The third kappa shape index (κ3) is 6.13. The van der Waals surface area contributed by atoms with E-state index in [0.717, 1.165) is 18.4 Å². The van der Waals surface area contributed by atoms with Crippen LogP contribution in [0, 0.1) is 5.92 Å². The SMILES string of the molecule is O=C(Nc1cccc(CNC(=O)N2CCN(CC(F)(F)F)CC2)c1)C1CC1. The number of alkyl halides is 3. The summed E-state index contributed by atoms with van der Waals surface area (Å²) in [5.41, 5.74) is 1.53. The molecule has 0 bridgehead atoms. The van der Waals surface area contributed by atoms with Gasteiger partial charge in [-0.2, -0.15) is 13.2 Å². The van der Waals surface area contributed by atoms with E-state index in [0.29, 0.717) is 5.69 Å². The summed E-state index contributed by atoms with van der Waals surface area (Å²) >= 11 is 0. The predicted molar refractivity (Wildman–Crippen MR) is 94.1 cm³/mol. The molecule has 2 aliphatic rings. The second-order valence-electron chi connectivity index (χ2n) is 7.00. The molecule has 1 aliphatic carbocycles. The molecule has 0 atom stereocenters. The lowest BCUT2D eigenvalue weighted by Crippen LogP contribution is -2.53. The molecule has 0 radical (unpaired) electrons. The highest BCUT2D eigenvalue weighted by Gasteiger charge is 2.33. The number of nitrogens with zero attached hydrogens (tertiary/aromatic N) is 2. The molecule has 2 N–H and O–H groups in total. The minimum absolute atomic E-state index is 0.0212. The van der Waals surface area contributed by atoms with Crippen LogP contribution in [0.2, 0.25) is 0 Å². The maximum Gasteiger partial charge on any atom is 0.401 e. The second kappa shape index (κ2) is 8.16. The first-order valence-corrected chi connectivity index (χ1v) is 9.02. The fourth-order valence-corrected chi connectivity index (χ4v) is 3.00. The van der Waals surface area contributed by atoms with Crippen molar-refractivity contribution in [1.29, 1.82) is 0 Å². The molecule has 0 aromatic heterocycles. The van der Waals surface area contributed by atoms with Gasteiger partial charge in [-0.1, -0.05) is 12.1 Å². The number of amides is 3. The topological polar surface area (TPSA) is 64.7 Å². The van der Waals surface area contributed by atoms with Crippen molar-refractivity contribution < 1.29 is 22.8 Å². The molecule has 0 unspecified atom stereocenters. The number of hydrogen-bond donors (Lipinski definition) is 2. The smallest absolute Gasteiger partial charge is 0.334 e. The van der Waals surface area contributed by atoms with E-state index in [4.69, 9.17) is 0 Å². The van der Waals surface area contributed by atoms with Gasteiger partial charge in [0.05, 0.1) is 6.54 Å². The van der Waals surface area contributed by atoms with Crippen molar-refractivity contribution >= 4 is 17.6 Å². The molecule has 27 heavy (non-hydrogen) atoms. The summed E-state index contributed by atoms with van der Waals surface area (Å²) < 4.78 is 37.2. The van der Waals surface area contributed by atoms with Gasteiger partial charge in [0.15, 0.2) is 0 Å². The van der Waals surface area contributed by atoms with E-state index in [2.05, 4.69) is 10.6 Å². The number of halogens is 3. The molecule has 1 saturated carbocycles.